The number of hydrogen-bond acceptors (Lipinski definition) is 6. The lowest BCUT2D eigenvalue weighted by atomic mass is 10.1. The number of nitrogen functional groups attached to an aromatic ring is 1. The number of hydrazine groups is 1. The first-order valence-corrected chi connectivity index (χ1v) is 7.70. The predicted octanol–water partition coefficient (Wildman–Crippen LogP) is 2.25. The molecule has 1 aromatic heterocycles. The van der Waals surface area contributed by atoms with E-state index < -0.39 is 0 Å². The van der Waals surface area contributed by atoms with Crippen LogP contribution in [0.25, 0.3) is 0 Å². The quantitative estimate of drug-likeness (QED) is 0.379. The van der Waals surface area contributed by atoms with Crippen molar-refractivity contribution in [2.24, 2.45) is 5.84 Å². The molecule has 0 unspecified atom stereocenters. The number of nitrogens with two attached hydrogens (primary N) is 1. The minimum absolute atomic E-state index is 0.686. The van der Waals surface area contributed by atoms with Crippen LogP contribution in [0.15, 0.2) is 11.2 Å². The van der Waals surface area contributed by atoms with Gasteiger partial charge in [0.15, 0.2) is 5.16 Å². The van der Waals surface area contributed by atoms with E-state index in [2.05, 4.69) is 20.3 Å². The summed E-state index contributed by atoms with van der Waals surface area (Å²) < 4.78 is 0. The third kappa shape index (κ3) is 3.49. The second kappa shape index (κ2) is 6.80. The monoisotopic (exact) mass is 267 g/mol. The van der Waals surface area contributed by atoms with E-state index >= 15 is 0 Å². The zero-order chi connectivity index (χ0) is 12.8. The Morgan fingerprint density at radius 2 is 1.83 bits per heavy atom. The zero-order valence-electron chi connectivity index (χ0n) is 10.9. The molecule has 1 aromatic rings. The summed E-state index contributed by atoms with van der Waals surface area (Å²) in [6.07, 6.45) is 8.46. The summed E-state index contributed by atoms with van der Waals surface area (Å²) in [5, 5.41) is 0.766. The molecule has 18 heavy (non-hydrogen) atoms. The molecule has 0 aromatic carbocycles. The van der Waals surface area contributed by atoms with Gasteiger partial charge in [-0.1, -0.05) is 31.0 Å². The lowest BCUT2D eigenvalue weighted by molar-refractivity contribution is 0.552. The van der Waals surface area contributed by atoms with E-state index in [-0.39, 0.29) is 0 Å². The Labute approximate surface area is 113 Å². The fourth-order valence-electron chi connectivity index (χ4n) is 2.22. The Balaban J connectivity index is 2.18. The summed E-state index contributed by atoms with van der Waals surface area (Å²) in [7, 11) is 0. The van der Waals surface area contributed by atoms with E-state index in [0.717, 1.165) is 24.1 Å². The topological polar surface area (TPSA) is 67.1 Å². The molecule has 0 atom stereocenters. The largest absolute Gasteiger partial charge is 0.356 e. The van der Waals surface area contributed by atoms with Crippen LogP contribution in [0, 0.1) is 0 Å². The highest BCUT2D eigenvalue weighted by Crippen LogP contribution is 2.22. The highest BCUT2D eigenvalue weighted by molar-refractivity contribution is 7.98. The molecular weight excluding hydrogens is 246 g/mol. The average Bonchev–Trinajstić information content (AvgIpc) is 2.37. The van der Waals surface area contributed by atoms with Crippen LogP contribution in [0.4, 0.5) is 11.6 Å². The average molecular weight is 267 g/mol. The number of hydrogen-bond donors (Lipinski definition) is 2. The van der Waals surface area contributed by atoms with Crippen molar-refractivity contribution in [3.8, 4) is 0 Å². The van der Waals surface area contributed by atoms with Gasteiger partial charge in [0.1, 0.15) is 11.6 Å². The van der Waals surface area contributed by atoms with Crippen molar-refractivity contribution in [2.75, 3.05) is 29.7 Å². The van der Waals surface area contributed by atoms with Crippen LogP contribution in [0.1, 0.15) is 32.1 Å². The minimum Gasteiger partial charge on any atom is -0.356 e. The number of rotatable bonds is 3. The van der Waals surface area contributed by atoms with Crippen molar-refractivity contribution in [2.45, 2.75) is 37.3 Å². The number of nitrogens with zero attached hydrogens (tertiary/aromatic N) is 3. The molecule has 1 saturated heterocycles. The summed E-state index contributed by atoms with van der Waals surface area (Å²) in [5.74, 6) is 7.14. The molecule has 1 aliphatic rings. The highest BCUT2D eigenvalue weighted by Gasteiger charge is 2.12. The minimum atomic E-state index is 0.686. The van der Waals surface area contributed by atoms with Crippen LogP contribution >= 0.6 is 11.8 Å². The molecule has 1 fully saturated rings. The van der Waals surface area contributed by atoms with Gasteiger partial charge in [-0.15, -0.1) is 0 Å². The predicted molar refractivity (Wildman–Crippen MR) is 76.9 cm³/mol. The molecule has 100 valence electrons. The lowest BCUT2D eigenvalue weighted by Gasteiger charge is -2.26. The first kappa shape index (κ1) is 13.4. The summed E-state index contributed by atoms with van der Waals surface area (Å²) in [4.78, 5) is 11.2. The lowest BCUT2D eigenvalue weighted by Crippen LogP contribution is -2.28. The van der Waals surface area contributed by atoms with E-state index in [1.807, 2.05) is 12.3 Å². The summed E-state index contributed by atoms with van der Waals surface area (Å²) in [6.45, 7) is 2.16. The maximum Gasteiger partial charge on any atom is 0.191 e. The third-order valence-corrected chi connectivity index (χ3v) is 3.75. The highest BCUT2D eigenvalue weighted by atomic mass is 32.2. The SMILES string of the molecule is CSc1nc(NN)cc(N2CCCCCCC2)n1. The Bertz CT molecular complexity index is 354. The molecule has 1 aliphatic heterocycles. The van der Waals surface area contributed by atoms with Crippen LogP contribution in [0.5, 0.6) is 0 Å². The molecule has 6 heteroatoms. The Hall–Kier alpha value is -1.01. The molecule has 0 saturated carbocycles. The molecule has 0 amide bonds. The molecule has 0 bridgehead atoms. The number of anilines is 2. The van der Waals surface area contributed by atoms with Crippen molar-refractivity contribution in [1.29, 1.82) is 0 Å². The van der Waals surface area contributed by atoms with E-state index in [9.17, 15) is 0 Å². The zero-order valence-corrected chi connectivity index (χ0v) is 11.7. The fraction of sp³-hybridized carbons (Fsp3) is 0.667. The Morgan fingerprint density at radius 1 is 1.17 bits per heavy atom. The van der Waals surface area contributed by atoms with Gasteiger partial charge < -0.3 is 10.3 Å². The second-order valence-electron chi connectivity index (χ2n) is 4.50. The van der Waals surface area contributed by atoms with E-state index in [1.165, 1.54) is 32.1 Å². The van der Waals surface area contributed by atoms with Crippen LogP contribution in [0.3, 0.4) is 0 Å². The third-order valence-electron chi connectivity index (χ3n) is 3.20. The van der Waals surface area contributed by atoms with Crippen molar-refractivity contribution in [3.63, 3.8) is 0 Å². The van der Waals surface area contributed by atoms with Gasteiger partial charge in [0, 0.05) is 19.2 Å². The van der Waals surface area contributed by atoms with Gasteiger partial charge in [-0.05, 0) is 19.1 Å². The van der Waals surface area contributed by atoms with Crippen molar-refractivity contribution in [1.82, 2.24) is 9.97 Å². The van der Waals surface area contributed by atoms with E-state index in [4.69, 9.17) is 5.84 Å². The van der Waals surface area contributed by atoms with Gasteiger partial charge in [-0.3, -0.25) is 0 Å². The molecule has 3 N–H and O–H groups in total. The van der Waals surface area contributed by atoms with Gasteiger partial charge in [-0.25, -0.2) is 15.8 Å². The number of nitrogens with one attached hydrogen (secondary N) is 1. The summed E-state index contributed by atoms with van der Waals surface area (Å²) in [5.41, 5.74) is 2.62. The summed E-state index contributed by atoms with van der Waals surface area (Å²) >= 11 is 1.54. The first-order chi connectivity index (χ1) is 8.83. The molecule has 0 aliphatic carbocycles. The number of aromatic nitrogens is 2. The standard InChI is InChI=1S/C12H21N5S/c1-18-12-14-10(16-13)9-11(15-12)17-7-5-3-2-4-6-8-17/h9H,2-8,13H2,1H3,(H,14,15,16). The van der Waals surface area contributed by atoms with Gasteiger partial charge in [0.05, 0.1) is 0 Å². The molecule has 0 spiro atoms. The molecule has 2 rings (SSSR count). The van der Waals surface area contributed by atoms with Crippen LogP contribution in [0.2, 0.25) is 0 Å². The van der Waals surface area contributed by atoms with Gasteiger partial charge in [-0.2, -0.15) is 0 Å². The first-order valence-electron chi connectivity index (χ1n) is 6.48. The fourth-order valence-corrected chi connectivity index (χ4v) is 2.59. The molecule has 5 nitrogen and oxygen atoms in total. The van der Waals surface area contributed by atoms with Crippen LogP contribution < -0.4 is 16.2 Å². The van der Waals surface area contributed by atoms with Gasteiger partial charge >= 0.3 is 0 Å². The molecular formula is C12H21N5S. The maximum atomic E-state index is 5.46. The molecule has 2 heterocycles. The summed E-state index contributed by atoms with van der Waals surface area (Å²) in [6, 6.07) is 1.93. The maximum absolute atomic E-state index is 5.46. The van der Waals surface area contributed by atoms with E-state index in [1.54, 1.807) is 11.8 Å². The Kier molecular flexibility index (Phi) is 5.07. The number of thioether (sulfide) groups is 1. The van der Waals surface area contributed by atoms with Gasteiger partial charge in [0.2, 0.25) is 0 Å². The van der Waals surface area contributed by atoms with Gasteiger partial charge in [0.25, 0.3) is 0 Å². The van der Waals surface area contributed by atoms with Crippen LogP contribution in [-0.2, 0) is 0 Å². The molecule has 0 radical (unpaired) electrons. The van der Waals surface area contributed by atoms with Crippen molar-refractivity contribution >= 4 is 23.4 Å². The van der Waals surface area contributed by atoms with Crippen LogP contribution in [-0.4, -0.2) is 29.3 Å². The Morgan fingerprint density at radius 3 is 2.44 bits per heavy atom. The smallest absolute Gasteiger partial charge is 0.191 e. The van der Waals surface area contributed by atoms with E-state index in [0.29, 0.717) is 5.82 Å². The van der Waals surface area contributed by atoms with Crippen molar-refractivity contribution < 1.29 is 0 Å². The van der Waals surface area contributed by atoms with Crippen molar-refractivity contribution in [3.05, 3.63) is 6.07 Å². The normalized spacial score (nSPS) is 17.1. The second-order valence-corrected chi connectivity index (χ2v) is 5.27.